The third kappa shape index (κ3) is 5.91. The molecule has 2 amide bonds. The van der Waals surface area contributed by atoms with E-state index < -0.39 is 18.4 Å². The molecule has 2 fully saturated rings. The van der Waals surface area contributed by atoms with E-state index in [1.165, 1.54) is 24.3 Å². The van der Waals surface area contributed by atoms with E-state index in [1.54, 1.807) is 0 Å². The topological polar surface area (TPSA) is 84.5 Å². The number of hydrogen-bond donors (Lipinski definition) is 2. The van der Waals surface area contributed by atoms with E-state index in [0.29, 0.717) is 12.8 Å². The van der Waals surface area contributed by atoms with E-state index >= 15 is 0 Å². The molecule has 32 heavy (non-hydrogen) atoms. The van der Waals surface area contributed by atoms with Crippen LogP contribution in [0, 0.1) is 11.3 Å². The smallest absolute Gasteiger partial charge is 0.263 e. The highest BCUT2D eigenvalue weighted by Gasteiger charge is 2.37. The zero-order valence-corrected chi connectivity index (χ0v) is 18.7. The maximum Gasteiger partial charge on any atom is 0.263 e. The molecule has 1 aliphatic carbocycles. The van der Waals surface area contributed by atoms with Crippen molar-refractivity contribution in [2.45, 2.75) is 70.9 Å². The van der Waals surface area contributed by atoms with E-state index in [0.717, 1.165) is 25.7 Å². The van der Waals surface area contributed by atoms with E-state index in [9.17, 15) is 23.2 Å². The predicted molar refractivity (Wildman–Crippen MR) is 115 cm³/mol. The minimum atomic E-state index is -2.61. The van der Waals surface area contributed by atoms with Gasteiger partial charge in [0.05, 0.1) is 12.0 Å². The summed E-state index contributed by atoms with van der Waals surface area (Å²) in [5, 5.41) is 5.63. The molecule has 1 unspecified atom stereocenters. The van der Waals surface area contributed by atoms with Crippen molar-refractivity contribution >= 4 is 17.6 Å². The van der Waals surface area contributed by atoms with Gasteiger partial charge in [0.15, 0.2) is 5.78 Å². The van der Waals surface area contributed by atoms with Gasteiger partial charge in [-0.2, -0.15) is 0 Å². The average Bonchev–Trinajstić information content (AvgIpc) is 3.36. The Labute approximate surface area is 187 Å². The molecule has 1 aliphatic heterocycles. The van der Waals surface area contributed by atoms with Crippen molar-refractivity contribution in [3.63, 3.8) is 0 Å². The van der Waals surface area contributed by atoms with Gasteiger partial charge in [0.2, 0.25) is 5.91 Å². The van der Waals surface area contributed by atoms with E-state index in [2.05, 4.69) is 17.6 Å². The fourth-order valence-electron chi connectivity index (χ4n) is 4.76. The van der Waals surface area contributed by atoms with Crippen LogP contribution in [0.25, 0.3) is 0 Å². The lowest BCUT2D eigenvalue weighted by molar-refractivity contribution is -0.124. The van der Waals surface area contributed by atoms with Crippen LogP contribution in [0.2, 0.25) is 0 Å². The second-order valence-corrected chi connectivity index (χ2v) is 9.25. The zero-order chi connectivity index (χ0) is 23.3. The summed E-state index contributed by atoms with van der Waals surface area (Å²) in [5.74, 6) is -1.24. The van der Waals surface area contributed by atoms with Gasteiger partial charge in [0.1, 0.15) is 12.6 Å². The molecule has 1 aromatic rings. The summed E-state index contributed by atoms with van der Waals surface area (Å²) in [6.45, 7) is 4.28. The third-order valence-corrected chi connectivity index (χ3v) is 6.75. The fraction of sp³-hybridized carbons (Fsp3) is 0.625. The summed E-state index contributed by atoms with van der Waals surface area (Å²) in [4.78, 5) is 37.9. The van der Waals surface area contributed by atoms with Gasteiger partial charge in [-0.15, -0.1) is 0 Å². The number of nitrogens with one attached hydrogen (secondary N) is 2. The number of rotatable bonds is 9. The molecule has 1 saturated heterocycles. The van der Waals surface area contributed by atoms with Gasteiger partial charge in [-0.3, -0.25) is 14.4 Å². The molecule has 2 N–H and O–H groups in total. The Balaban J connectivity index is 1.68. The highest BCUT2D eigenvalue weighted by molar-refractivity contribution is 5.97. The molecular weight excluding hydrogens is 418 g/mol. The third-order valence-electron chi connectivity index (χ3n) is 6.75. The van der Waals surface area contributed by atoms with Crippen molar-refractivity contribution in [1.29, 1.82) is 0 Å². The Morgan fingerprint density at radius 3 is 2.44 bits per heavy atom. The molecule has 176 valence electrons. The van der Waals surface area contributed by atoms with Crippen LogP contribution in [0.15, 0.2) is 24.3 Å². The number of ketones is 1. The summed E-state index contributed by atoms with van der Waals surface area (Å²) < 4.78 is 31.1. The lowest BCUT2D eigenvalue weighted by Crippen LogP contribution is -2.50. The second kappa shape index (κ2) is 10.5. The van der Waals surface area contributed by atoms with Crippen molar-refractivity contribution in [2.24, 2.45) is 11.3 Å². The number of benzene rings is 1. The minimum absolute atomic E-state index is 0.0281. The lowest BCUT2D eigenvalue weighted by atomic mass is 9.81. The summed E-state index contributed by atoms with van der Waals surface area (Å²) in [5.41, 5.74) is -0.00926. The van der Waals surface area contributed by atoms with Crippen molar-refractivity contribution in [3.05, 3.63) is 35.4 Å². The molecule has 0 aromatic heterocycles. The molecule has 3 rings (SSSR count). The number of ether oxygens (including phenoxy) is 1. The number of carbonyl (C=O) groups is 3. The average molecular weight is 451 g/mol. The Hall–Kier alpha value is -2.35. The Morgan fingerprint density at radius 2 is 1.84 bits per heavy atom. The number of amides is 2. The first-order valence-electron chi connectivity index (χ1n) is 11.3. The summed E-state index contributed by atoms with van der Waals surface area (Å²) in [7, 11) is 0. The largest absolute Gasteiger partial charge is 0.370 e. The number of hydrogen-bond acceptors (Lipinski definition) is 4. The van der Waals surface area contributed by atoms with Gasteiger partial charge in [-0.1, -0.05) is 38.8 Å². The Bertz CT molecular complexity index is 822. The summed E-state index contributed by atoms with van der Waals surface area (Å²) in [6, 6.07) is 4.32. The van der Waals surface area contributed by atoms with Crippen LogP contribution in [-0.4, -0.2) is 42.9 Å². The predicted octanol–water partition coefficient (Wildman–Crippen LogP) is 3.80. The summed E-state index contributed by atoms with van der Waals surface area (Å²) >= 11 is 0. The van der Waals surface area contributed by atoms with Crippen LogP contribution >= 0.6 is 0 Å². The maximum absolute atomic E-state index is 13.1. The van der Waals surface area contributed by atoms with E-state index in [4.69, 9.17) is 4.74 Å². The van der Waals surface area contributed by atoms with Crippen LogP contribution in [0.3, 0.4) is 0 Å². The van der Waals surface area contributed by atoms with Crippen molar-refractivity contribution in [2.75, 3.05) is 13.2 Å². The standard InChI is InChI=1S/C24H32F2N2O4/c1-3-20-17(19(29)14-32-20)13-27-23(31)18(12-24(2)10-4-5-11-24)28-22(30)16-8-6-15(7-9-16)21(25)26/h6-9,17-18,20-21H,3-5,10-14H2,1-2H3,(H,27,31)(H,28,30)/t17?,18-,20-/m0/s1. The van der Waals surface area contributed by atoms with Crippen molar-refractivity contribution < 1.29 is 27.9 Å². The first-order chi connectivity index (χ1) is 15.2. The molecule has 1 saturated carbocycles. The van der Waals surface area contributed by atoms with Gasteiger partial charge < -0.3 is 15.4 Å². The van der Waals surface area contributed by atoms with E-state index in [1.807, 2.05) is 6.92 Å². The highest BCUT2D eigenvalue weighted by atomic mass is 19.3. The SMILES string of the molecule is CC[C@@H]1OCC(=O)C1CNC(=O)[C@H](CC1(C)CCCC1)NC(=O)c1ccc(C(F)F)cc1. The molecule has 0 bridgehead atoms. The summed E-state index contributed by atoms with van der Waals surface area (Å²) in [6.07, 6.45) is 2.45. The molecule has 8 heteroatoms. The van der Waals surface area contributed by atoms with Crippen molar-refractivity contribution in [3.8, 4) is 0 Å². The van der Waals surface area contributed by atoms with E-state index in [-0.39, 0.29) is 53.4 Å². The van der Waals surface area contributed by atoms with Crippen LogP contribution in [0.5, 0.6) is 0 Å². The van der Waals surface area contributed by atoms with Gasteiger partial charge in [-0.25, -0.2) is 8.78 Å². The second-order valence-electron chi connectivity index (χ2n) is 9.25. The molecule has 6 nitrogen and oxygen atoms in total. The molecule has 0 spiro atoms. The highest BCUT2D eigenvalue weighted by Crippen LogP contribution is 2.41. The zero-order valence-electron chi connectivity index (χ0n) is 18.7. The first kappa shape index (κ1) is 24.3. The number of Topliss-reactive ketones (excluding diaryl/α,β-unsaturated/α-hetero) is 1. The fourth-order valence-corrected chi connectivity index (χ4v) is 4.76. The number of halogens is 2. The van der Waals surface area contributed by atoms with Crippen LogP contribution in [0.1, 0.15) is 74.7 Å². The van der Waals surface area contributed by atoms with Gasteiger partial charge in [0.25, 0.3) is 12.3 Å². The molecular formula is C24H32F2N2O4. The maximum atomic E-state index is 13.1. The van der Waals surface area contributed by atoms with Crippen molar-refractivity contribution in [1.82, 2.24) is 10.6 Å². The normalized spacial score (nSPS) is 23.3. The van der Waals surface area contributed by atoms with Crippen LogP contribution in [0.4, 0.5) is 8.78 Å². The molecule has 2 aliphatic rings. The molecule has 1 aromatic carbocycles. The van der Waals surface area contributed by atoms with Gasteiger partial charge in [-0.05, 0) is 43.2 Å². The molecule has 3 atom stereocenters. The number of alkyl halides is 2. The Morgan fingerprint density at radius 1 is 1.19 bits per heavy atom. The minimum Gasteiger partial charge on any atom is -0.370 e. The van der Waals surface area contributed by atoms with Crippen LogP contribution < -0.4 is 10.6 Å². The van der Waals surface area contributed by atoms with Crippen LogP contribution in [-0.2, 0) is 14.3 Å². The quantitative estimate of drug-likeness (QED) is 0.599. The van der Waals surface area contributed by atoms with Gasteiger partial charge >= 0.3 is 0 Å². The number of carbonyl (C=O) groups excluding carboxylic acids is 3. The first-order valence-corrected chi connectivity index (χ1v) is 11.3. The van der Waals surface area contributed by atoms with Gasteiger partial charge in [0, 0.05) is 17.7 Å². The Kier molecular flexibility index (Phi) is 7.98. The monoisotopic (exact) mass is 450 g/mol. The lowest BCUT2D eigenvalue weighted by Gasteiger charge is -2.29. The molecule has 1 heterocycles. The molecule has 0 radical (unpaired) electrons.